The minimum Gasteiger partial charge on any atom is -0.396 e. The first kappa shape index (κ1) is 27.0. The molecule has 0 unspecified atom stereocenters. The van der Waals surface area contributed by atoms with Gasteiger partial charge in [0.15, 0.2) is 0 Å². The van der Waals surface area contributed by atoms with Crippen LogP contribution in [-0.2, 0) is 10.3 Å². The van der Waals surface area contributed by atoms with Crippen molar-refractivity contribution in [3.8, 4) is 0 Å². The van der Waals surface area contributed by atoms with Crippen LogP contribution in [-0.4, -0.2) is 68.1 Å². The highest BCUT2D eigenvalue weighted by Gasteiger charge is 2.71. The normalized spacial score (nSPS) is 22.4. The zero-order valence-corrected chi connectivity index (χ0v) is 18.0. The van der Waals surface area contributed by atoms with Crippen LogP contribution in [0.2, 0.25) is 0 Å². The summed E-state index contributed by atoms with van der Waals surface area (Å²) in [5, 5.41) is 22.8. The molecule has 5 nitrogen and oxygen atoms in total. The Morgan fingerprint density at radius 3 is 2.09 bits per heavy atom. The van der Waals surface area contributed by atoms with E-state index in [1.165, 1.54) is 12.1 Å². The standard InChI is InChI=1S/C20H26F6N2O3.ClH/c21-19(22,23)18(30,20(24,25)26)14-1-3-15(4-2-14)28-8-7-27-12-16(28)11-17(13-29)5-9-31-10-6-17;/h1-4,16,27,29-30H,5-13H2;1H/t16-;/m0./s1. The number of anilines is 1. The van der Waals surface area contributed by atoms with Crippen molar-refractivity contribution in [1.82, 2.24) is 5.32 Å². The number of aliphatic hydroxyl groups is 2. The lowest BCUT2D eigenvalue weighted by molar-refractivity contribution is -0.376. The number of nitrogens with zero attached hydrogens (tertiary/aromatic N) is 1. The fraction of sp³-hybridized carbons (Fsp3) is 0.700. The van der Waals surface area contributed by atoms with Crippen molar-refractivity contribution >= 4 is 18.1 Å². The highest BCUT2D eigenvalue weighted by molar-refractivity contribution is 5.85. The minimum absolute atomic E-state index is 0. The van der Waals surface area contributed by atoms with Gasteiger partial charge in [0.05, 0.1) is 0 Å². The zero-order chi connectivity index (χ0) is 22.9. The molecule has 2 heterocycles. The molecule has 0 bridgehead atoms. The van der Waals surface area contributed by atoms with Gasteiger partial charge in [-0.25, -0.2) is 0 Å². The van der Waals surface area contributed by atoms with Gasteiger partial charge >= 0.3 is 12.4 Å². The molecule has 2 fully saturated rings. The summed E-state index contributed by atoms with van der Waals surface area (Å²) in [6.07, 6.45) is -9.87. The van der Waals surface area contributed by atoms with E-state index in [1.807, 2.05) is 4.90 Å². The van der Waals surface area contributed by atoms with E-state index in [2.05, 4.69) is 5.32 Å². The molecule has 0 amide bonds. The van der Waals surface area contributed by atoms with Crippen molar-refractivity contribution in [3.05, 3.63) is 29.8 Å². The fourth-order valence-corrected chi connectivity index (χ4v) is 4.40. The molecule has 0 saturated carbocycles. The second kappa shape index (κ2) is 9.92. The molecule has 1 atom stereocenters. The summed E-state index contributed by atoms with van der Waals surface area (Å²) in [6.45, 7) is 2.71. The second-order valence-corrected chi connectivity index (χ2v) is 8.28. The molecule has 2 aliphatic heterocycles. The van der Waals surface area contributed by atoms with Crippen molar-refractivity contribution < 1.29 is 41.3 Å². The molecule has 1 aromatic rings. The van der Waals surface area contributed by atoms with E-state index in [0.29, 0.717) is 69.9 Å². The third kappa shape index (κ3) is 5.11. The number of rotatable bonds is 5. The number of alkyl halides is 6. The van der Waals surface area contributed by atoms with E-state index >= 15 is 0 Å². The van der Waals surface area contributed by atoms with E-state index in [-0.39, 0.29) is 30.5 Å². The predicted octanol–water partition coefficient (Wildman–Crippen LogP) is 3.38. The van der Waals surface area contributed by atoms with Crippen molar-refractivity contribution in [1.29, 1.82) is 0 Å². The van der Waals surface area contributed by atoms with Gasteiger partial charge in [-0.05, 0) is 36.8 Å². The average Bonchev–Trinajstić information content (AvgIpc) is 2.73. The smallest absolute Gasteiger partial charge is 0.396 e. The van der Waals surface area contributed by atoms with Crippen molar-refractivity contribution in [3.63, 3.8) is 0 Å². The lowest BCUT2D eigenvalue weighted by atomic mass is 9.75. The Morgan fingerprint density at radius 1 is 1.03 bits per heavy atom. The maximum absolute atomic E-state index is 13.1. The Hall–Kier alpha value is -1.27. The lowest BCUT2D eigenvalue weighted by Crippen LogP contribution is -2.54. The predicted molar refractivity (Wildman–Crippen MR) is 108 cm³/mol. The Morgan fingerprint density at radius 2 is 1.59 bits per heavy atom. The van der Waals surface area contributed by atoms with Crippen LogP contribution in [0.25, 0.3) is 0 Å². The van der Waals surface area contributed by atoms with Crippen LogP contribution in [0.1, 0.15) is 24.8 Å². The first-order chi connectivity index (χ1) is 14.4. The molecule has 12 heteroatoms. The molecule has 0 spiro atoms. The van der Waals surface area contributed by atoms with Crippen LogP contribution in [0.4, 0.5) is 32.0 Å². The molecule has 32 heavy (non-hydrogen) atoms. The molecule has 184 valence electrons. The first-order valence-electron chi connectivity index (χ1n) is 10.1. The van der Waals surface area contributed by atoms with Crippen LogP contribution in [0.5, 0.6) is 0 Å². The summed E-state index contributed by atoms with van der Waals surface area (Å²) in [6, 6.07) is 3.59. The maximum atomic E-state index is 13.1. The molecule has 1 aromatic carbocycles. The third-order valence-corrected chi connectivity index (χ3v) is 6.34. The molecular formula is C20H27ClF6N2O3. The Balaban J connectivity index is 0.00000363. The fourth-order valence-electron chi connectivity index (χ4n) is 4.40. The first-order valence-corrected chi connectivity index (χ1v) is 10.1. The maximum Gasteiger partial charge on any atom is 0.430 e. The number of nitrogens with one attached hydrogen (secondary N) is 1. The summed E-state index contributed by atoms with van der Waals surface area (Å²) in [7, 11) is 0. The number of piperazine rings is 1. The molecular weight excluding hydrogens is 466 g/mol. The number of hydrogen-bond donors (Lipinski definition) is 3. The van der Waals surface area contributed by atoms with E-state index in [0.717, 1.165) is 0 Å². The number of halogens is 7. The summed E-state index contributed by atoms with van der Waals surface area (Å²) in [5.41, 5.74) is -6.10. The Labute approximate surface area is 188 Å². The number of benzene rings is 1. The monoisotopic (exact) mass is 492 g/mol. The minimum atomic E-state index is -5.92. The molecule has 3 rings (SSSR count). The second-order valence-electron chi connectivity index (χ2n) is 8.28. The number of aliphatic hydroxyl groups excluding tert-OH is 1. The van der Waals surface area contributed by atoms with E-state index in [1.54, 1.807) is 0 Å². The molecule has 2 aliphatic rings. The quantitative estimate of drug-likeness (QED) is 0.550. The van der Waals surface area contributed by atoms with Gasteiger partial charge in [-0.1, -0.05) is 12.1 Å². The third-order valence-electron chi connectivity index (χ3n) is 6.34. The van der Waals surface area contributed by atoms with E-state index in [9.17, 15) is 36.6 Å². The van der Waals surface area contributed by atoms with E-state index in [4.69, 9.17) is 4.74 Å². The summed E-state index contributed by atoms with van der Waals surface area (Å²) in [5.74, 6) is 0. The van der Waals surface area contributed by atoms with Crippen molar-refractivity contribution in [2.75, 3.05) is 44.4 Å². The largest absolute Gasteiger partial charge is 0.430 e. The van der Waals surface area contributed by atoms with Crippen molar-refractivity contribution in [2.24, 2.45) is 5.41 Å². The van der Waals surface area contributed by atoms with Crippen molar-refractivity contribution in [2.45, 2.75) is 43.3 Å². The number of ether oxygens (including phenoxy) is 1. The van der Waals surface area contributed by atoms with Crippen LogP contribution in [0.3, 0.4) is 0 Å². The number of hydrogen-bond acceptors (Lipinski definition) is 5. The molecule has 0 aliphatic carbocycles. The van der Waals surface area contributed by atoms with Gasteiger partial charge < -0.3 is 25.2 Å². The highest BCUT2D eigenvalue weighted by atomic mass is 35.5. The summed E-state index contributed by atoms with van der Waals surface area (Å²) >= 11 is 0. The van der Waals surface area contributed by atoms with Crippen LogP contribution >= 0.6 is 12.4 Å². The van der Waals surface area contributed by atoms with Crippen LogP contribution < -0.4 is 10.2 Å². The SMILES string of the molecule is Cl.OCC1(C[C@H]2CNCCN2c2ccc(C(O)(C(F)(F)F)C(F)(F)F)cc2)CCOCC1. The average molecular weight is 493 g/mol. The van der Waals surface area contributed by atoms with Crippen LogP contribution in [0, 0.1) is 5.41 Å². The lowest BCUT2D eigenvalue weighted by Gasteiger charge is -2.45. The van der Waals surface area contributed by atoms with Gasteiger partial charge in [-0.2, -0.15) is 26.3 Å². The molecule has 0 radical (unpaired) electrons. The molecule has 3 N–H and O–H groups in total. The van der Waals surface area contributed by atoms with Gasteiger partial charge in [0.25, 0.3) is 5.60 Å². The Bertz CT molecular complexity index is 724. The summed E-state index contributed by atoms with van der Waals surface area (Å²) in [4.78, 5) is 1.92. The zero-order valence-electron chi connectivity index (χ0n) is 17.2. The van der Waals surface area contributed by atoms with Crippen LogP contribution in [0.15, 0.2) is 24.3 Å². The van der Waals surface area contributed by atoms with Gasteiger partial charge in [0, 0.05) is 56.7 Å². The summed E-state index contributed by atoms with van der Waals surface area (Å²) < 4.78 is 84.1. The van der Waals surface area contributed by atoms with Gasteiger partial charge in [0.2, 0.25) is 0 Å². The molecule has 0 aromatic heterocycles. The Kier molecular flexibility index (Phi) is 8.37. The topological polar surface area (TPSA) is 65.0 Å². The van der Waals surface area contributed by atoms with Gasteiger partial charge in [-0.3, -0.25) is 0 Å². The molecule has 2 saturated heterocycles. The van der Waals surface area contributed by atoms with Gasteiger partial charge in [-0.15, -0.1) is 12.4 Å². The highest BCUT2D eigenvalue weighted by Crippen LogP contribution is 2.50. The van der Waals surface area contributed by atoms with E-state index < -0.39 is 23.5 Å². The van der Waals surface area contributed by atoms with Gasteiger partial charge in [0.1, 0.15) is 0 Å².